The zero-order valence-corrected chi connectivity index (χ0v) is 8.05. The maximum atomic E-state index is 5.08. The van der Waals surface area contributed by atoms with Crippen molar-refractivity contribution in [1.82, 2.24) is 4.98 Å². The predicted molar refractivity (Wildman–Crippen MR) is 48.4 cm³/mol. The summed E-state index contributed by atoms with van der Waals surface area (Å²) in [6, 6.07) is 1.93. The fraction of sp³-hybridized carbons (Fsp3) is 0.286. The van der Waals surface area contributed by atoms with Gasteiger partial charge in [0.25, 0.3) is 0 Å². The quantitative estimate of drug-likeness (QED) is 0.713. The Hall–Kier alpha value is -0.320. The largest absolute Gasteiger partial charge is 0.425 e. The SMILES string of the molecule is Cc1ccnc(C)c1OI. The summed E-state index contributed by atoms with van der Waals surface area (Å²) in [5.74, 6) is 0.878. The highest BCUT2D eigenvalue weighted by molar-refractivity contribution is 14.1. The number of rotatable bonds is 1. The predicted octanol–water partition coefficient (Wildman–Crippen LogP) is 2.43. The molecule has 0 aliphatic carbocycles. The number of hydrogen-bond acceptors (Lipinski definition) is 2. The second kappa shape index (κ2) is 3.18. The lowest BCUT2D eigenvalue weighted by atomic mass is 10.2. The zero-order valence-electron chi connectivity index (χ0n) is 5.89. The molecule has 2 nitrogen and oxygen atoms in total. The minimum Gasteiger partial charge on any atom is -0.425 e. The van der Waals surface area contributed by atoms with Crippen molar-refractivity contribution in [3.8, 4) is 5.75 Å². The summed E-state index contributed by atoms with van der Waals surface area (Å²) in [5, 5.41) is 0. The first kappa shape index (κ1) is 7.78. The number of aryl methyl sites for hydroxylation is 2. The van der Waals surface area contributed by atoms with E-state index >= 15 is 0 Å². The van der Waals surface area contributed by atoms with Gasteiger partial charge in [-0.3, -0.25) is 4.98 Å². The van der Waals surface area contributed by atoms with Gasteiger partial charge in [0.15, 0.2) is 28.8 Å². The first-order valence-electron chi connectivity index (χ1n) is 2.96. The Labute approximate surface area is 74.3 Å². The maximum Gasteiger partial charge on any atom is 0.192 e. The van der Waals surface area contributed by atoms with E-state index in [0.717, 1.165) is 17.0 Å². The van der Waals surface area contributed by atoms with Crippen molar-refractivity contribution in [2.45, 2.75) is 13.8 Å². The minimum atomic E-state index is 0.878. The van der Waals surface area contributed by atoms with E-state index in [4.69, 9.17) is 3.07 Å². The highest BCUT2D eigenvalue weighted by Gasteiger charge is 2.01. The van der Waals surface area contributed by atoms with Crippen molar-refractivity contribution in [1.29, 1.82) is 0 Å². The van der Waals surface area contributed by atoms with Gasteiger partial charge in [-0.25, -0.2) is 0 Å². The molecule has 3 heteroatoms. The molecule has 0 aliphatic rings. The lowest BCUT2D eigenvalue weighted by molar-refractivity contribution is 0.692. The molecule has 1 aromatic heterocycles. The Morgan fingerprint density at radius 1 is 1.50 bits per heavy atom. The van der Waals surface area contributed by atoms with Crippen LogP contribution in [0.2, 0.25) is 0 Å². The summed E-state index contributed by atoms with van der Waals surface area (Å²) >= 11 is 1.86. The minimum absolute atomic E-state index is 0.878. The van der Waals surface area contributed by atoms with Gasteiger partial charge >= 0.3 is 0 Å². The lowest BCUT2D eigenvalue weighted by Gasteiger charge is -2.02. The van der Waals surface area contributed by atoms with Crippen LogP contribution >= 0.6 is 23.0 Å². The van der Waals surface area contributed by atoms with Gasteiger partial charge in [0.05, 0.1) is 5.69 Å². The molecule has 0 fully saturated rings. The zero-order chi connectivity index (χ0) is 7.56. The molecule has 1 rings (SSSR count). The molecule has 54 valence electrons. The Morgan fingerprint density at radius 3 is 2.60 bits per heavy atom. The van der Waals surface area contributed by atoms with Crippen LogP contribution in [0, 0.1) is 13.8 Å². The van der Waals surface area contributed by atoms with Crippen molar-refractivity contribution in [3.05, 3.63) is 23.5 Å². The van der Waals surface area contributed by atoms with Crippen LogP contribution in [-0.2, 0) is 0 Å². The molecule has 0 atom stereocenters. The van der Waals surface area contributed by atoms with Crippen molar-refractivity contribution in [2.24, 2.45) is 0 Å². The molecule has 1 heterocycles. The normalized spacial score (nSPS) is 9.50. The van der Waals surface area contributed by atoms with E-state index in [0.29, 0.717) is 0 Å². The van der Waals surface area contributed by atoms with Gasteiger partial charge in [0.2, 0.25) is 0 Å². The van der Waals surface area contributed by atoms with Crippen LogP contribution in [0.25, 0.3) is 0 Å². The molecule has 10 heavy (non-hydrogen) atoms. The van der Waals surface area contributed by atoms with Crippen molar-refractivity contribution >= 4 is 23.0 Å². The van der Waals surface area contributed by atoms with E-state index < -0.39 is 0 Å². The maximum absolute atomic E-state index is 5.08. The molecule has 1 aromatic rings. The van der Waals surface area contributed by atoms with Crippen LogP contribution in [0.1, 0.15) is 11.3 Å². The number of aromatic nitrogens is 1. The topological polar surface area (TPSA) is 22.1 Å². The molecule has 0 unspecified atom stereocenters. The highest BCUT2D eigenvalue weighted by Crippen LogP contribution is 2.21. The highest BCUT2D eigenvalue weighted by atomic mass is 127. The van der Waals surface area contributed by atoms with E-state index in [9.17, 15) is 0 Å². The molecule has 0 saturated carbocycles. The van der Waals surface area contributed by atoms with Crippen LogP contribution in [-0.4, -0.2) is 4.98 Å². The fourth-order valence-electron chi connectivity index (χ4n) is 0.797. The van der Waals surface area contributed by atoms with E-state index in [2.05, 4.69) is 4.98 Å². The summed E-state index contributed by atoms with van der Waals surface area (Å²) in [6.45, 7) is 3.93. The van der Waals surface area contributed by atoms with Crippen molar-refractivity contribution in [2.75, 3.05) is 0 Å². The first-order valence-corrected chi connectivity index (χ1v) is 3.84. The molecule has 0 aliphatic heterocycles. The summed E-state index contributed by atoms with van der Waals surface area (Å²) in [7, 11) is 0. The first-order chi connectivity index (χ1) is 4.75. The molecule has 0 spiro atoms. The van der Waals surface area contributed by atoms with Crippen molar-refractivity contribution in [3.63, 3.8) is 0 Å². The van der Waals surface area contributed by atoms with E-state index in [-0.39, 0.29) is 0 Å². The fourth-order valence-corrected chi connectivity index (χ4v) is 1.46. The average Bonchev–Trinajstić information content (AvgIpc) is 1.88. The van der Waals surface area contributed by atoms with Gasteiger partial charge in [0, 0.05) is 6.20 Å². The molecule has 0 bridgehead atoms. The third kappa shape index (κ3) is 1.39. The molecular weight excluding hydrogens is 241 g/mol. The molecule has 0 aromatic carbocycles. The second-order valence-electron chi connectivity index (χ2n) is 2.12. The monoisotopic (exact) mass is 249 g/mol. The number of hydrogen-bond donors (Lipinski definition) is 0. The molecule has 0 saturated heterocycles. The van der Waals surface area contributed by atoms with Crippen LogP contribution in [0.3, 0.4) is 0 Å². The van der Waals surface area contributed by atoms with Crippen molar-refractivity contribution < 1.29 is 3.07 Å². The Bertz CT molecular complexity index is 217. The van der Waals surface area contributed by atoms with Crippen LogP contribution < -0.4 is 3.07 Å². The Kier molecular flexibility index (Phi) is 2.48. The number of pyridine rings is 1. The molecule has 0 radical (unpaired) electrons. The van der Waals surface area contributed by atoms with Crippen LogP contribution in [0.15, 0.2) is 12.3 Å². The van der Waals surface area contributed by atoms with Gasteiger partial charge < -0.3 is 3.07 Å². The molecule has 0 amide bonds. The standard InChI is InChI=1S/C7H8INO/c1-5-3-4-9-6(2)7(5)10-8/h3-4H,1-2H3. The van der Waals surface area contributed by atoms with E-state index in [1.807, 2.05) is 42.9 Å². The van der Waals surface area contributed by atoms with Gasteiger partial charge in [-0.1, -0.05) is 0 Å². The van der Waals surface area contributed by atoms with Gasteiger partial charge in [-0.2, -0.15) is 0 Å². The average molecular weight is 249 g/mol. The number of halogens is 1. The third-order valence-corrected chi connectivity index (χ3v) is 1.80. The summed E-state index contributed by atoms with van der Waals surface area (Å²) < 4.78 is 5.08. The summed E-state index contributed by atoms with van der Waals surface area (Å²) in [6.07, 6.45) is 1.78. The van der Waals surface area contributed by atoms with Crippen LogP contribution in [0.5, 0.6) is 5.75 Å². The van der Waals surface area contributed by atoms with E-state index in [1.54, 1.807) is 6.20 Å². The lowest BCUT2D eigenvalue weighted by Crippen LogP contribution is -1.87. The number of nitrogens with zero attached hydrogens (tertiary/aromatic N) is 1. The Morgan fingerprint density at radius 2 is 2.20 bits per heavy atom. The van der Waals surface area contributed by atoms with Crippen LogP contribution in [0.4, 0.5) is 0 Å². The molecular formula is C7H8INO. The summed E-state index contributed by atoms with van der Waals surface area (Å²) in [4.78, 5) is 4.08. The van der Waals surface area contributed by atoms with Gasteiger partial charge in [-0.15, -0.1) is 0 Å². The Balaban J connectivity index is 3.17. The third-order valence-electron chi connectivity index (χ3n) is 1.36. The summed E-state index contributed by atoms with van der Waals surface area (Å²) in [5.41, 5.74) is 2.07. The second-order valence-corrected chi connectivity index (χ2v) is 2.56. The van der Waals surface area contributed by atoms with Gasteiger partial charge in [0.1, 0.15) is 0 Å². The van der Waals surface area contributed by atoms with Gasteiger partial charge in [-0.05, 0) is 25.5 Å². The molecule has 0 N–H and O–H groups in total. The smallest absolute Gasteiger partial charge is 0.192 e. The van der Waals surface area contributed by atoms with E-state index in [1.165, 1.54) is 0 Å².